The summed E-state index contributed by atoms with van der Waals surface area (Å²) in [6.07, 6.45) is 6.95. The van der Waals surface area contributed by atoms with Crippen molar-refractivity contribution in [2.45, 2.75) is 12.5 Å². The van der Waals surface area contributed by atoms with Crippen molar-refractivity contribution in [2.75, 3.05) is 7.05 Å². The van der Waals surface area contributed by atoms with Gasteiger partial charge in [-0.15, -0.1) is 0 Å². The number of nitrogens with zero attached hydrogens (tertiary/aromatic N) is 1. The summed E-state index contributed by atoms with van der Waals surface area (Å²) in [7, 11) is 1.79. The molecule has 58 valence electrons. The minimum atomic E-state index is 0.00458. The van der Waals surface area contributed by atoms with Gasteiger partial charge in [0.2, 0.25) is 0 Å². The van der Waals surface area contributed by atoms with E-state index in [9.17, 15) is 4.79 Å². The minimum Gasteiger partial charge on any atom is -0.329 e. The van der Waals surface area contributed by atoms with Gasteiger partial charge in [0, 0.05) is 12.7 Å². The number of allylic oxidation sites excluding steroid dienone is 2. The molecule has 2 aliphatic rings. The molecule has 1 atom stereocenters. The number of carbonyl (C=O) groups is 1. The first-order chi connectivity index (χ1) is 5.29. The molecule has 1 heterocycles. The van der Waals surface area contributed by atoms with Crippen LogP contribution in [-0.2, 0) is 0 Å². The number of likely N-dealkylation sites (N-methyl/N-ethyl adjacent to an activating group) is 1. The van der Waals surface area contributed by atoms with Crippen molar-refractivity contribution in [3.8, 4) is 0 Å². The first-order valence-electron chi connectivity index (χ1n) is 3.70. The maximum atomic E-state index is 11.1. The van der Waals surface area contributed by atoms with Gasteiger partial charge in [-0.25, -0.2) is 4.79 Å². The van der Waals surface area contributed by atoms with Crippen molar-refractivity contribution in [3.05, 3.63) is 23.9 Å². The summed E-state index contributed by atoms with van der Waals surface area (Å²) in [5, 5.41) is 2.87. The molecule has 1 aliphatic carbocycles. The Hall–Kier alpha value is -1.25. The average molecular weight is 150 g/mol. The Kier molecular flexibility index (Phi) is 1.24. The van der Waals surface area contributed by atoms with E-state index in [0.29, 0.717) is 0 Å². The van der Waals surface area contributed by atoms with E-state index >= 15 is 0 Å². The van der Waals surface area contributed by atoms with Crippen LogP contribution in [0, 0.1) is 0 Å². The fraction of sp³-hybridized carbons (Fsp3) is 0.375. The molecule has 1 N–H and O–H groups in total. The van der Waals surface area contributed by atoms with Gasteiger partial charge < -0.3 is 5.32 Å². The van der Waals surface area contributed by atoms with Crippen LogP contribution < -0.4 is 5.32 Å². The zero-order valence-corrected chi connectivity index (χ0v) is 6.37. The standard InChI is InChI=1S/C8H10N2O/c1-10-7-5-3-2-4-6(7)9-8(10)11/h2-3,5-6H,4H2,1H3,(H,9,11). The van der Waals surface area contributed by atoms with Gasteiger partial charge in [-0.1, -0.05) is 12.2 Å². The van der Waals surface area contributed by atoms with Crippen molar-refractivity contribution in [3.63, 3.8) is 0 Å². The van der Waals surface area contributed by atoms with E-state index in [-0.39, 0.29) is 12.1 Å². The molecule has 2 rings (SSSR count). The molecule has 3 nitrogen and oxygen atoms in total. The van der Waals surface area contributed by atoms with Crippen LogP contribution in [0.25, 0.3) is 0 Å². The molecule has 0 aromatic rings. The summed E-state index contributed by atoms with van der Waals surface area (Å²) >= 11 is 0. The number of amides is 2. The van der Waals surface area contributed by atoms with Crippen molar-refractivity contribution < 1.29 is 4.79 Å². The fourth-order valence-electron chi connectivity index (χ4n) is 1.46. The van der Waals surface area contributed by atoms with Gasteiger partial charge in [-0.3, -0.25) is 4.90 Å². The number of urea groups is 1. The highest BCUT2D eigenvalue weighted by Crippen LogP contribution is 2.21. The van der Waals surface area contributed by atoms with Crippen molar-refractivity contribution in [2.24, 2.45) is 0 Å². The Labute approximate surface area is 65.4 Å². The van der Waals surface area contributed by atoms with Crippen LogP contribution in [0.1, 0.15) is 6.42 Å². The quantitative estimate of drug-likeness (QED) is 0.545. The number of rotatable bonds is 0. The lowest BCUT2D eigenvalue weighted by molar-refractivity contribution is 0.229. The molecule has 2 amide bonds. The lowest BCUT2D eigenvalue weighted by Gasteiger charge is -2.14. The van der Waals surface area contributed by atoms with E-state index in [4.69, 9.17) is 0 Å². The number of hydrogen-bond donors (Lipinski definition) is 1. The molecule has 0 spiro atoms. The highest BCUT2D eigenvalue weighted by atomic mass is 16.2. The van der Waals surface area contributed by atoms with Gasteiger partial charge >= 0.3 is 6.03 Å². The Bertz CT molecular complexity index is 255. The fourth-order valence-corrected chi connectivity index (χ4v) is 1.46. The van der Waals surface area contributed by atoms with E-state index in [1.54, 1.807) is 11.9 Å². The molecular formula is C8H10N2O. The zero-order chi connectivity index (χ0) is 7.84. The van der Waals surface area contributed by atoms with Crippen molar-refractivity contribution in [1.29, 1.82) is 0 Å². The zero-order valence-electron chi connectivity index (χ0n) is 6.37. The smallest absolute Gasteiger partial charge is 0.321 e. The molecular weight excluding hydrogens is 140 g/mol. The summed E-state index contributed by atoms with van der Waals surface area (Å²) in [4.78, 5) is 12.7. The molecule has 0 radical (unpaired) electrons. The topological polar surface area (TPSA) is 32.3 Å². The van der Waals surface area contributed by atoms with Crippen LogP contribution >= 0.6 is 0 Å². The summed E-state index contributed by atoms with van der Waals surface area (Å²) < 4.78 is 0. The van der Waals surface area contributed by atoms with Crippen LogP contribution in [0.2, 0.25) is 0 Å². The summed E-state index contributed by atoms with van der Waals surface area (Å²) in [5.41, 5.74) is 1.08. The third-order valence-electron chi connectivity index (χ3n) is 2.12. The number of fused-ring (bicyclic) bond motifs is 1. The van der Waals surface area contributed by atoms with Crippen LogP contribution in [0.5, 0.6) is 0 Å². The maximum Gasteiger partial charge on any atom is 0.321 e. The Morgan fingerprint density at radius 3 is 3.27 bits per heavy atom. The van der Waals surface area contributed by atoms with Crippen LogP contribution in [0.3, 0.4) is 0 Å². The Morgan fingerprint density at radius 2 is 2.55 bits per heavy atom. The Balaban J connectivity index is 2.32. The number of nitrogens with one attached hydrogen (secondary N) is 1. The van der Waals surface area contributed by atoms with Crippen LogP contribution in [0.4, 0.5) is 4.79 Å². The molecule has 0 aromatic heterocycles. The molecule has 0 aromatic carbocycles. The third-order valence-corrected chi connectivity index (χ3v) is 2.12. The predicted octanol–water partition coefficient (Wildman–Crippen LogP) is 0.854. The highest BCUT2D eigenvalue weighted by Gasteiger charge is 2.30. The molecule has 1 fully saturated rings. The molecule has 3 heteroatoms. The SMILES string of the molecule is CN1C(=O)NC2CC=CC=C21. The molecule has 0 saturated carbocycles. The lowest BCUT2D eigenvalue weighted by atomic mass is 10.1. The van der Waals surface area contributed by atoms with Gasteiger partial charge in [0.15, 0.2) is 0 Å². The molecule has 0 bridgehead atoms. The second-order valence-corrected chi connectivity index (χ2v) is 2.82. The third kappa shape index (κ3) is 0.843. The van der Waals surface area contributed by atoms with Gasteiger partial charge in [0.25, 0.3) is 0 Å². The van der Waals surface area contributed by atoms with Gasteiger partial charge in [-0.2, -0.15) is 0 Å². The summed E-state index contributed by atoms with van der Waals surface area (Å²) in [6.45, 7) is 0. The normalized spacial score (nSPS) is 28.1. The summed E-state index contributed by atoms with van der Waals surface area (Å²) in [6, 6.07) is 0.224. The highest BCUT2D eigenvalue weighted by molar-refractivity contribution is 5.80. The molecule has 1 unspecified atom stereocenters. The van der Waals surface area contributed by atoms with Crippen molar-refractivity contribution in [1.82, 2.24) is 10.2 Å². The maximum absolute atomic E-state index is 11.1. The average Bonchev–Trinajstić information content (AvgIpc) is 2.30. The van der Waals surface area contributed by atoms with E-state index < -0.39 is 0 Å². The summed E-state index contributed by atoms with van der Waals surface area (Å²) in [5.74, 6) is 0. The first kappa shape index (κ1) is 6.46. The van der Waals surface area contributed by atoms with Gasteiger partial charge in [0.05, 0.1) is 6.04 Å². The van der Waals surface area contributed by atoms with Gasteiger partial charge in [-0.05, 0) is 12.5 Å². The van der Waals surface area contributed by atoms with E-state index in [0.717, 1.165) is 12.1 Å². The first-order valence-corrected chi connectivity index (χ1v) is 3.70. The molecule has 1 saturated heterocycles. The minimum absolute atomic E-state index is 0.00458. The van der Waals surface area contributed by atoms with E-state index in [1.165, 1.54) is 0 Å². The number of carbonyl (C=O) groups excluding carboxylic acids is 1. The largest absolute Gasteiger partial charge is 0.329 e. The predicted molar refractivity (Wildman–Crippen MR) is 41.9 cm³/mol. The van der Waals surface area contributed by atoms with E-state index in [1.807, 2.05) is 12.2 Å². The van der Waals surface area contributed by atoms with Crippen LogP contribution in [-0.4, -0.2) is 24.0 Å². The van der Waals surface area contributed by atoms with E-state index in [2.05, 4.69) is 11.4 Å². The number of hydrogen-bond acceptors (Lipinski definition) is 1. The lowest BCUT2D eigenvalue weighted by Crippen LogP contribution is -2.26. The van der Waals surface area contributed by atoms with Gasteiger partial charge in [0.1, 0.15) is 0 Å². The van der Waals surface area contributed by atoms with Crippen molar-refractivity contribution >= 4 is 6.03 Å². The molecule has 1 aliphatic heterocycles. The molecule has 11 heavy (non-hydrogen) atoms. The van der Waals surface area contributed by atoms with Crippen LogP contribution in [0.15, 0.2) is 23.9 Å². The Morgan fingerprint density at radius 1 is 1.73 bits per heavy atom. The monoisotopic (exact) mass is 150 g/mol. The second kappa shape index (κ2) is 2.12. The second-order valence-electron chi connectivity index (χ2n) is 2.82.